The van der Waals surface area contributed by atoms with Crippen LogP contribution >= 0.6 is 27.7 Å². The van der Waals surface area contributed by atoms with Crippen molar-refractivity contribution >= 4 is 38.6 Å². The van der Waals surface area contributed by atoms with E-state index in [9.17, 15) is 4.79 Å². The summed E-state index contributed by atoms with van der Waals surface area (Å²) in [4.78, 5) is 13.2. The third kappa shape index (κ3) is 3.54. The van der Waals surface area contributed by atoms with Gasteiger partial charge in [-0.3, -0.25) is 0 Å². The number of rotatable bonds is 3. The second kappa shape index (κ2) is 7.03. The van der Waals surface area contributed by atoms with Crippen LogP contribution < -0.4 is 4.74 Å². The van der Waals surface area contributed by atoms with E-state index in [1.807, 2.05) is 42.5 Å². The van der Waals surface area contributed by atoms with E-state index in [0.29, 0.717) is 12.4 Å². The second-order valence-corrected chi connectivity index (χ2v) is 6.59. The van der Waals surface area contributed by atoms with Crippen LogP contribution in [0, 0.1) is 0 Å². The van der Waals surface area contributed by atoms with Crippen molar-refractivity contribution in [2.24, 2.45) is 0 Å². The summed E-state index contributed by atoms with van der Waals surface area (Å²) in [6.07, 6.45) is 0. The lowest BCUT2D eigenvalue weighted by Gasteiger charge is -2.19. The maximum Gasteiger partial charge on any atom is 0.380 e. The lowest BCUT2D eigenvalue weighted by Crippen LogP contribution is -2.19. The average Bonchev–Trinajstić information content (AvgIpc) is 2.58. The first-order valence-corrected chi connectivity index (χ1v) is 8.55. The first kappa shape index (κ1) is 15.2. The first-order chi connectivity index (χ1) is 10.7. The lowest BCUT2D eigenvalue weighted by atomic mass is 10.2. The van der Waals surface area contributed by atoms with E-state index >= 15 is 0 Å². The highest BCUT2D eigenvalue weighted by atomic mass is 79.9. The number of hydrogen-bond acceptors (Lipinski definition) is 4. The summed E-state index contributed by atoms with van der Waals surface area (Å²) in [7, 11) is 0. The van der Waals surface area contributed by atoms with Crippen molar-refractivity contribution in [1.29, 1.82) is 0 Å². The van der Waals surface area contributed by atoms with Crippen LogP contribution in [0.25, 0.3) is 4.91 Å². The number of carbonyl (C=O) groups excluding carboxylic acids is 1. The summed E-state index contributed by atoms with van der Waals surface area (Å²) >= 11 is 4.96. The summed E-state index contributed by atoms with van der Waals surface area (Å²) < 4.78 is 11.9. The molecule has 0 atom stereocenters. The highest BCUT2D eigenvalue weighted by molar-refractivity contribution is 9.10. The molecule has 112 valence electrons. The maximum absolute atomic E-state index is 12.4. The Bertz CT molecular complexity index is 696. The quantitative estimate of drug-likeness (QED) is 0.584. The molecule has 0 bridgehead atoms. The Morgan fingerprint density at radius 1 is 1.09 bits per heavy atom. The van der Waals surface area contributed by atoms with Crippen molar-refractivity contribution in [2.45, 2.75) is 0 Å². The van der Waals surface area contributed by atoms with E-state index in [1.165, 1.54) is 0 Å². The molecule has 0 aromatic heterocycles. The van der Waals surface area contributed by atoms with Gasteiger partial charge in [0.1, 0.15) is 5.75 Å². The molecule has 3 rings (SSSR count). The van der Waals surface area contributed by atoms with E-state index in [-0.39, 0.29) is 5.76 Å². The molecule has 0 fully saturated rings. The minimum atomic E-state index is -0.464. The monoisotopic (exact) mass is 376 g/mol. The van der Waals surface area contributed by atoms with Crippen molar-refractivity contribution in [3.63, 3.8) is 0 Å². The molecule has 0 spiro atoms. The Morgan fingerprint density at radius 3 is 2.55 bits per heavy atom. The summed E-state index contributed by atoms with van der Waals surface area (Å²) in [5.74, 6) is 1.13. The van der Waals surface area contributed by atoms with Gasteiger partial charge in [0, 0.05) is 10.2 Å². The lowest BCUT2D eigenvalue weighted by molar-refractivity contribution is -0.133. The van der Waals surface area contributed by atoms with Gasteiger partial charge in [0.2, 0.25) is 5.76 Å². The third-order valence-corrected chi connectivity index (χ3v) is 4.64. The van der Waals surface area contributed by atoms with Crippen LogP contribution in [0.1, 0.15) is 5.56 Å². The minimum absolute atomic E-state index is 0.283. The number of halogens is 1. The molecule has 0 radical (unpaired) electrons. The average molecular weight is 377 g/mol. The fourth-order valence-corrected chi connectivity index (χ4v) is 3.24. The van der Waals surface area contributed by atoms with Gasteiger partial charge in [0.15, 0.2) is 0 Å². The van der Waals surface area contributed by atoms with Crippen molar-refractivity contribution < 1.29 is 14.3 Å². The molecule has 0 aliphatic carbocycles. The minimum Gasteiger partial charge on any atom is -0.485 e. The van der Waals surface area contributed by atoms with Crippen LogP contribution in [-0.2, 0) is 9.53 Å². The Hall–Kier alpha value is -1.72. The van der Waals surface area contributed by atoms with Gasteiger partial charge < -0.3 is 9.47 Å². The van der Waals surface area contributed by atoms with Crippen LogP contribution in [0.4, 0.5) is 0 Å². The highest BCUT2D eigenvalue weighted by Gasteiger charge is 2.24. The number of thioether (sulfide) groups is 1. The summed E-state index contributed by atoms with van der Waals surface area (Å²) in [6.45, 7) is 0.506. The van der Waals surface area contributed by atoms with Crippen molar-refractivity contribution in [3.05, 3.63) is 70.4 Å². The fraction of sp³-hybridized carbons (Fsp3) is 0.118. The number of esters is 1. The molecular weight excluding hydrogens is 364 g/mol. The predicted molar refractivity (Wildman–Crippen MR) is 91.5 cm³/mol. The molecule has 0 saturated heterocycles. The number of carbonyl (C=O) groups is 1. The van der Waals surface area contributed by atoms with Gasteiger partial charge in [-0.15, -0.1) is 11.8 Å². The van der Waals surface area contributed by atoms with Gasteiger partial charge in [-0.05, 0) is 29.8 Å². The summed E-state index contributed by atoms with van der Waals surface area (Å²) in [5, 5.41) is 0. The molecule has 1 heterocycles. The Morgan fingerprint density at radius 2 is 1.82 bits per heavy atom. The zero-order valence-electron chi connectivity index (χ0n) is 11.6. The number of benzene rings is 2. The van der Waals surface area contributed by atoms with E-state index in [2.05, 4.69) is 15.9 Å². The van der Waals surface area contributed by atoms with Crippen LogP contribution in [-0.4, -0.2) is 18.3 Å². The van der Waals surface area contributed by atoms with E-state index < -0.39 is 5.97 Å². The molecule has 1 aliphatic heterocycles. The topological polar surface area (TPSA) is 35.5 Å². The molecular formula is C17H13BrO3S. The molecule has 0 unspecified atom stereocenters. The zero-order valence-corrected chi connectivity index (χ0v) is 14.0. The van der Waals surface area contributed by atoms with E-state index in [1.54, 1.807) is 23.9 Å². The fourth-order valence-electron chi connectivity index (χ4n) is 2.03. The Kier molecular flexibility index (Phi) is 4.85. The molecule has 3 nitrogen and oxygen atoms in total. The number of hydrogen-bond donors (Lipinski definition) is 0. The third-order valence-electron chi connectivity index (χ3n) is 3.03. The normalized spacial score (nSPS) is 14.4. The van der Waals surface area contributed by atoms with Crippen molar-refractivity contribution in [1.82, 2.24) is 0 Å². The number of ether oxygens (including phenoxy) is 2. The van der Waals surface area contributed by atoms with Gasteiger partial charge in [-0.2, -0.15) is 0 Å². The van der Waals surface area contributed by atoms with Crippen LogP contribution in [0.3, 0.4) is 0 Å². The molecule has 0 saturated carbocycles. The first-order valence-electron chi connectivity index (χ1n) is 6.77. The molecule has 0 amide bonds. The van der Waals surface area contributed by atoms with Gasteiger partial charge in [-0.1, -0.05) is 46.3 Å². The zero-order chi connectivity index (χ0) is 15.4. The van der Waals surface area contributed by atoms with Crippen LogP contribution in [0.15, 0.2) is 64.8 Å². The Balaban J connectivity index is 1.87. The highest BCUT2D eigenvalue weighted by Crippen LogP contribution is 2.35. The SMILES string of the molecule is O=C(Oc1ccc(Br)cc1)C1=C(c2ccccc2)SCCO1. The summed E-state index contributed by atoms with van der Waals surface area (Å²) in [5.41, 5.74) is 0.968. The Labute approximate surface area is 141 Å². The second-order valence-electron chi connectivity index (χ2n) is 4.56. The summed E-state index contributed by atoms with van der Waals surface area (Å²) in [6, 6.07) is 16.9. The van der Waals surface area contributed by atoms with Crippen LogP contribution in [0.2, 0.25) is 0 Å². The largest absolute Gasteiger partial charge is 0.485 e. The van der Waals surface area contributed by atoms with Crippen LogP contribution in [0.5, 0.6) is 5.75 Å². The standard InChI is InChI=1S/C17H13BrO3S/c18-13-6-8-14(9-7-13)21-17(19)15-16(22-11-10-20-15)12-4-2-1-3-5-12/h1-9H,10-11H2. The van der Waals surface area contributed by atoms with E-state index in [4.69, 9.17) is 9.47 Å². The molecule has 1 aliphatic rings. The maximum atomic E-state index is 12.4. The molecule has 0 N–H and O–H groups in total. The predicted octanol–water partition coefficient (Wildman–Crippen LogP) is 4.49. The smallest absolute Gasteiger partial charge is 0.380 e. The molecule has 2 aromatic rings. The van der Waals surface area contributed by atoms with Crippen molar-refractivity contribution in [2.75, 3.05) is 12.4 Å². The molecule has 22 heavy (non-hydrogen) atoms. The van der Waals surface area contributed by atoms with Gasteiger partial charge in [-0.25, -0.2) is 4.79 Å². The van der Waals surface area contributed by atoms with Gasteiger partial charge >= 0.3 is 5.97 Å². The van der Waals surface area contributed by atoms with Gasteiger partial charge in [0.05, 0.1) is 11.5 Å². The molecule has 2 aromatic carbocycles. The molecule has 5 heteroatoms. The van der Waals surface area contributed by atoms with Crippen molar-refractivity contribution in [3.8, 4) is 5.75 Å². The van der Waals surface area contributed by atoms with E-state index in [0.717, 1.165) is 20.7 Å². The van der Waals surface area contributed by atoms with Gasteiger partial charge in [0.25, 0.3) is 0 Å².